The van der Waals surface area contributed by atoms with E-state index in [1.165, 1.54) is 6.08 Å². The number of aromatic nitrogens is 4. The Morgan fingerprint density at radius 1 is 1.20 bits per heavy atom. The minimum atomic E-state index is -0.744. The lowest BCUT2D eigenvalue weighted by Gasteiger charge is -2.43. The first kappa shape index (κ1) is 34.5. The molecule has 260 valence electrons. The second-order valence-electron chi connectivity index (χ2n) is 14.1. The van der Waals surface area contributed by atoms with Crippen LogP contribution in [-0.4, -0.2) is 104 Å². The highest BCUT2D eigenvalue weighted by Crippen LogP contribution is 2.43. The van der Waals surface area contributed by atoms with Crippen LogP contribution in [0.25, 0.3) is 10.9 Å². The van der Waals surface area contributed by atoms with E-state index in [2.05, 4.69) is 39.7 Å². The molecular weight excluding hydrogens is 646 g/mol. The lowest BCUT2D eigenvalue weighted by Crippen LogP contribution is -2.55. The van der Waals surface area contributed by atoms with Crippen LogP contribution in [0.1, 0.15) is 68.5 Å². The number of rotatable bonds is 7. The maximum atomic E-state index is 14.1. The molecule has 3 aromatic rings. The third-order valence-electron chi connectivity index (χ3n) is 9.65. The second-order valence-corrected chi connectivity index (χ2v) is 14.5. The van der Waals surface area contributed by atoms with Crippen molar-refractivity contribution < 1.29 is 19.1 Å². The van der Waals surface area contributed by atoms with Crippen molar-refractivity contribution in [2.24, 2.45) is 0 Å². The van der Waals surface area contributed by atoms with Crippen molar-refractivity contribution in [2.45, 2.75) is 83.6 Å². The first-order valence-corrected chi connectivity index (χ1v) is 17.2. The van der Waals surface area contributed by atoms with E-state index in [9.17, 15) is 14.9 Å². The summed E-state index contributed by atoms with van der Waals surface area (Å²) in [4.78, 5) is 44.5. The van der Waals surface area contributed by atoms with Crippen LogP contribution in [0.15, 0.2) is 24.9 Å². The highest BCUT2D eigenvalue weighted by molar-refractivity contribution is 6.33. The largest absolute Gasteiger partial charge is 0.462 e. The lowest BCUT2D eigenvalue weighted by atomic mass is 9.90. The quantitative estimate of drug-likeness (QED) is 0.339. The summed E-state index contributed by atoms with van der Waals surface area (Å²) in [5.74, 6) is 0.401. The number of fused-ring (bicyclic) bond motifs is 2. The lowest BCUT2D eigenvalue weighted by molar-refractivity contribution is -0.128. The van der Waals surface area contributed by atoms with Crippen LogP contribution in [0.2, 0.25) is 5.02 Å². The Morgan fingerprint density at radius 2 is 2.00 bits per heavy atom. The molecule has 13 nitrogen and oxygen atoms in total. The van der Waals surface area contributed by atoms with Gasteiger partial charge in [-0.15, -0.1) is 0 Å². The van der Waals surface area contributed by atoms with Crippen LogP contribution in [0.5, 0.6) is 6.01 Å². The first-order valence-electron chi connectivity index (χ1n) is 16.8. The third kappa shape index (κ3) is 7.03. The van der Waals surface area contributed by atoms with Gasteiger partial charge in [0.05, 0.1) is 48.5 Å². The third-order valence-corrected chi connectivity index (χ3v) is 10.2. The Bertz CT molecular complexity index is 1800. The zero-order valence-corrected chi connectivity index (χ0v) is 29.6. The maximum absolute atomic E-state index is 14.1. The molecule has 0 aliphatic carbocycles. The molecule has 49 heavy (non-hydrogen) atoms. The van der Waals surface area contributed by atoms with Crippen LogP contribution >= 0.6 is 11.6 Å². The molecule has 1 unspecified atom stereocenters. The van der Waals surface area contributed by atoms with Gasteiger partial charge in [-0.05, 0) is 71.8 Å². The molecule has 3 atom stereocenters. The Morgan fingerprint density at radius 3 is 2.69 bits per heavy atom. The topological polar surface area (TPSA) is 144 Å². The smallest absolute Gasteiger partial charge is 0.411 e. The number of H-pyrrole nitrogens is 1. The Kier molecular flexibility index (Phi) is 9.73. The van der Waals surface area contributed by atoms with E-state index >= 15 is 0 Å². The zero-order chi connectivity index (χ0) is 35.0. The van der Waals surface area contributed by atoms with Gasteiger partial charge >= 0.3 is 12.1 Å². The Hall–Kier alpha value is -4.41. The van der Waals surface area contributed by atoms with Gasteiger partial charge in [-0.1, -0.05) is 18.2 Å². The molecule has 3 aliphatic heterocycles. The zero-order valence-electron chi connectivity index (χ0n) is 28.8. The fraction of sp³-hybridized carbons (Fsp3) is 0.543. The van der Waals surface area contributed by atoms with Crippen molar-refractivity contribution in [3.8, 4) is 12.1 Å². The minimum Gasteiger partial charge on any atom is -0.462 e. The molecule has 14 heteroatoms. The van der Waals surface area contributed by atoms with Crippen molar-refractivity contribution in [1.82, 2.24) is 34.9 Å². The average molecular weight is 690 g/mol. The molecule has 5 heterocycles. The first-order chi connectivity index (χ1) is 23.4. The number of carbonyl (C=O) groups excluding carboxylic acids is 2. The van der Waals surface area contributed by atoms with Crippen LogP contribution in [0.4, 0.5) is 10.6 Å². The summed E-state index contributed by atoms with van der Waals surface area (Å²) in [6.45, 7) is 13.9. The van der Waals surface area contributed by atoms with Crippen molar-refractivity contribution in [3.63, 3.8) is 0 Å². The van der Waals surface area contributed by atoms with Gasteiger partial charge in [0.25, 0.3) is 0 Å². The van der Waals surface area contributed by atoms with Crippen molar-refractivity contribution >= 4 is 40.3 Å². The molecule has 0 bridgehead atoms. The number of piperazine rings is 1. The monoisotopic (exact) mass is 689 g/mol. The Balaban J connectivity index is 1.46. The SMILES string of the molecule is C=CC(=O)N1CCN(c2nc(OC[C@@H]3CCCN3C)nc3c2CN(C(=O)OC(C)(C)C)C(c2c(Cl)c(C)cc4[nH]ncc24)C3)C[C@@H]1CC#N. The number of anilines is 1. The molecular formula is C35H44ClN9O4. The van der Waals surface area contributed by atoms with Gasteiger partial charge in [0.15, 0.2) is 0 Å². The van der Waals surface area contributed by atoms with E-state index in [0.717, 1.165) is 52.7 Å². The molecule has 2 saturated heterocycles. The molecule has 1 aromatic carbocycles. The number of aryl methyl sites for hydroxylation is 1. The summed E-state index contributed by atoms with van der Waals surface area (Å²) in [6.07, 6.45) is 5.14. The fourth-order valence-electron chi connectivity index (χ4n) is 7.15. The second kappa shape index (κ2) is 13.8. The summed E-state index contributed by atoms with van der Waals surface area (Å²) in [5.41, 5.74) is 3.19. The van der Waals surface area contributed by atoms with E-state index in [1.807, 2.05) is 33.8 Å². The number of ether oxygens (including phenoxy) is 2. The van der Waals surface area contributed by atoms with E-state index in [4.69, 9.17) is 31.0 Å². The van der Waals surface area contributed by atoms with Gasteiger partial charge in [-0.2, -0.15) is 20.3 Å². The number of benzene rings is 1. The normalized spacial score (nSPS) is 21.4. The fourth-order valence-corrected chi connectivity index (χ4v) is 7.43. The number of nitriles is 1. The highest BCUT2D eigenvalue weighted by atomic mass is 35.5. The molecule has 6 rings (SSSR count). The van der Waals surface area contributed by atoms with Gasteiger partial charge in [0.1, 0.15) is 18.0 Å². The highest BCUT2D eigenvalue weighted by Gasteiger charge is 2.40. The van der Waals surface area contributed by atoms with Crippen LogP contribution in [-0.2, 0) is 22.5 Å². The van der Waals surface area contributed by atoms with Crippen molar-refractivity contribution in [2.75, 3.05) is 44.7 Å². The van der Waals surface area contributed by atoms with E-state index < -0.39 is 17.7 Å². The number of likely N-dealkylation sites (tertiary alicyclic amines) is 1. The van der Waals surface area contributed by atoms with E-state index in [0.29, 0.717) is 43.5 Å². The number of halogens is 1. The van der Waals surface area contributed by atoms with Crippen molar-refractivity contribution in [3.05, 3.63) is 52.3 Å². The van der Waals surface area contributed by atoms with Crippen LogP contribution in [0.3, 0.4) is 0 Å². The summed E-state index contributed by atoms with van der Waals surface area (Å²) in [6, 6.07) is 3.79. The molecule has 2 fully saturated rings. The molecule has 0 saturated carbocycles. The molecule has 2 amide bonds. The number of nitrogens with zero attached hydrogens (tertiary/aromatic N) is 8. The maximum Gasteiger partial charge on any atom is 0.411 e. The molecule has 1 N–H and O–H groups in total. The van der Waals surface area contributed by atoms with Gasteiger partial charge in [0.2, 0.25) is 5.91 Å². The van der Waals surface area contributed by atoms with Gasteiger partial charge in [-0.3, -0.25) is 14.8 Å². The Labute approximate surface area is 291 Å². The van der Waals surface area contributed by atoms with Gasteiger partial charge in [-0.25, -0.2) is 4.79 Å². The van der Waals surface area contributed by atoms with Crippen LogP contribution < -0.4 is 9.64 Å². The molecule has 0 radical (unpaired) electrons. The van der Waals surface area contributed by atoms with Gasteiger partial charge in [0, 0.05) is 53.6 Å². The summed E-state index contributed by atoms with van der Waals surface area (Å²) in [5, 5.41) is 18.3. The average Bonchev–Trinajstić information content (AvgIpc) is 3.70. The van der Waals surface area contributed by atoms with E-state index in [1.54, 1.807) is 16.0 Å². The van der Waals surface area contributed by atoms with Crippen LogP contribution in [0, 0.1) is 18.3 Å². The summed E-state index contributed by atoms with van der Waals surface area (Å²) >= 11 is 7.05. The molecule has 3 aliphatic rings. The molecule has 0 spiro atoms. The number of aromatic amines is 1. The standard InChI is InChI=1S/C35H44ClN9O4/c1-7-29(46)44-14-13-43(18-22(44)10-11-37)32-25-19-45(34(47)49-35(3,4)5)28(30-24-17-38-41-27(24)15-21(2)31(30)36)16-26(25)39-33(40-32)48-20-23-9-8-12-42(23)6/h7,15,17,22-23,28H,1,8-10,12-14,16,18-20H2,2-6H3,(H,38,41)/t22-,23-,28?/m0/s1. The predicted molar refractivity (Wildman–Crippen MR) is 185 cm³/mol. The number of nitrogens with one attached hydrogen (secondary N) is 1. The predicted octanol–water partition coefficient (Wildman–Crippen LogP) is 4.94. The number of hydrogen-bond donors (Lipinski definition) is 1. The number of hydrogen-bond acceptors (Lipinski definition) is 10. The van der Waals surface area contributed by atoms with Gasteiger partial charge < -0.3 is 24.2 Å². The number of carbonyl (C=O) groups is 2. The number of likely N-dealkylation sites (N-methyl/N-ethyl adjacent to an activating group) is 1. The van der Waals surface area contributed by atoms with E-state index in [-0.39, 0.29) is 37.0 Å². The summed E-state index contributed by atoms with van der Waals surface area (Å²) < 4.78 is 12.3. The van der Waals surface area contributed by atoms with Crippen molar-refractivity contribution in [1.29, 1.82) is 5.26 Å². The molecule has 2 aromatic heterocycles. The summed E-state index contributed by atoms with van der Waals surface area (Å²) in [7, 11) is 2.09. The minimum absolute atomic E-state index is 0.147. The number of amides is 2.